The number of pyridine rings is 1. The third kappa shape index (κ3) is 6.92. The van der Waals surface area contributed by atoms with E-state index in [-0.39, 0.29) is 35.0 Å². The minimum atomic E-state index is -3.73. The standard InChI is InChI=1S/C30H40N6O5S/c1-21-15-25(40-4)16-22(2)30(21)42(38,39)20-26-32-28(41-33-26)17-29(37)34(3)24-9-13-35(14-10-24)19-23-7-8-27(31-18-23)36-11-5-6-12-36/h7-8,15-16,18,24H,5-6,9-14,17,19-20H2,1-4H3. The average molecular weight is 597 g/mol. The third-order valence-electron chi connectivity index (χ3n) is 8.26. The molecule has 226 valence electrons. The molecule has 2 aliphatic rings. The van der Waals surface area contributed by atoms with Crippen LogP contribution >= 0.6 is 0 Å². The SMILES string of the molecule is COc1cc(C)c(S(=O)(=O)Cc2noc(CC(=O)N(C)C3CCN(Cc4ccc(N5CCCC5)nc4)CC3)n2)c(C)c1. The lowest BCUT2D eigenvalue weighted by molar-refractivity contribution is -0.132. The number of piperidine rings is 1. The van der Waals surface area contributed by atoms with Crippen LogP contribution in [-0.4, -0.2) is 85.6 Å². The van der Waals surface area contributed by atoms with E-state index in [0.29, 0.717) is 16.9 Å². The minimum absolute atomic E-state index is 0.0336. The van der Waals surface area contributed by atoms with Crippen molar-refractivity contribution >= 4 is 21.6 Å². The van der Waals surface area contributed by atoms with E-state index in [1.165, 1.54) is 18.4 Å². The highest BCUT2D eigenvalue weighted by Gasteiger charge is 2.28. The summed E-state index contributed by atoms with van der Waals surface area (Å²) in [4.78, 5) is 28.7. The van der Waals surface area contributed by atoms with Gasteiger partial charge in [0.2, 0.25) is 11.8 Å². The Bertz CT molecular complexity index is 1470. The molecule has 0 bridgehead atoms. The molecular formula is C30H40N6O5S. The van der Waals surface area contributed by atoms with Gasteiger partial charge in [-0.15, -0.1) is 0 Å². The van der Waals surface area contributed by atoms with Crippen molar-refractivity contribution in [2.24, 2.45) is 0 Å². The summed E-state index contributed by atoms with van der Waals surface area (Å²) >= 11 is 0. The summed E-state index contributed by atoms with van der Waals surface area (Å²) in [5.41, 5.74) is 2.38. The van der Waals surface area contributed by atoms with E-state index >= 15 is 0 Å². The van der Waals surface area contributed by atoms with Gasteiger partial charge in [-0.2, -0.15) is 4.98 Å². The van der Waals surface area contributed by atoms with Crippen molar-refractivity contribution in [3.05, 3.63) is 58.9 Å². The number of aryl methyl sites for hydroxylation is 2. The maximum atomic E-state index is 13.2. The molecule has 0 radical (unpaired) electrons. The summed E-state index contributed by atoms with van der Waals surface area (Å²) in [6, 6.07) is 7.78. The molecule has 5 rings (SSSR count). The van der Waals surface area contributed by atoms with Crippen LogP contribution in [0.3, 0.4) is 0 Å². The molecule has 11 nitrogen and oxygen atoms in total. The van der Waals surface area contributed by atoms with Crippen LogP contribution in [0.4, 0.5) is 5.82 Å². The Balaban J connectivity index is 1.11. The van der Waals surface area contributed by atoms with Gasteiger partial charge < -0.3 is 19.1 Å². The molecule has 4 heterocycles. The largest absolute Gasteiger partial charge is 0.497 e. The van der Waals surface area contributed by atoms with Crippen LogP contribution in [0.1, 0.15) is 54.1 Å². The van der Waals surface area contributed by atoms with Crippen molar-refractivity contribution < 1.29 is 22.5 Å². The maximum Gasteiger partial charge on any atom is 0.236 e. The first-order valence-electron chi connectivity index (χ1n) is 14.5. The van der Waals surface area contributed by atoms with E-state index in [9.17, 15) is 13.2 Å². The number of aromatic nitrogens is 3. The van der Waals surface area contributed by atoms with Crippen molar-refractivity contribution in [1.29, 1.82) is 0 Å². The molecule has 1 aromatic carbocycles. The van der Waals surface area contributed by atoms with Gasteiger partial charge in [0.05, 0.1) is 12.0 Å². The lowest BCUT2D eigenvalue weighted by Gasteiger charge is -2.36. The second kappa shape index (κ2) is 12.8. The van der Waals surface area contributed by atoms with Gasteiger partial charge in [-0.25, -0.2) is 13.4 Å². The molecule has 0 N–H and O–H groups in total. The highest BCUT2D eigenvalue weighted by molar-refractivity contribution is 7.90. The van der Waals surface area contributed by atoms with Gasteiger partial charge in [0.1, 0.15) is 23.7 Å². The molecule has 0 atom stereocenters. The average Bonchev–Trinajstić information content (AvgIpc) is 3.65. The van der Waals surface area contributed by atoms with E-state index in [1.807, 2.05) is 6.20 Å². The number of ether oxygens (including phenoxy) is 1. The van der Waals surface area contributed by atoms with Gasteiger partial charge in [-0.05, 0) is 74.4 Å². The number of sulfone groups is 1. The molecule has 12 heteroatoms. The summed E-state index contributed by atoms with van der Waals surface area (Å²) in [6.07, 6.45) is 6.13. The zero-order chi connectivity index (χ0) is 29.9. The number of hydrogen-bond donors (Lipinski definition) is 0. The summed E-state index contributed by atoms with van der Waals surface area (Å²) in [7, 11) is -0.383. The van der Waals surface area contributed by atoms with E-state index in [4.69, 9.17) is 9.26 Å². The number of nitrogens with zero attached hydrogens (tertiary/aromatic N) is 6. The lowest BCUT2D eigenvalue weighted by Crippen LogP contribution is -2.45. The summed E-state index contributed by atoms with van der Waals surface area (Å²) in [5, 5.41) is 3.85. The molecule has 2 fully saturated rings. The summed E-state index contributed by atoms with van der Waals surface area (Å²) in [5.74, 6) is 1.26. The first-order valence-corrected chi connectivity index (χ1v) is 16.2. The van der Waals surface area contributed by atoms with Gasteiger partial charge in [-0.1, -0.05) is 11.2 Å². The Morgan fingerprint density at radius 1 is 1.10 bits per heavy atom. The van der Waals surface area contributed by atoms with Crippen molar-refractivity contribution in [1.82, 2.24) is 24.9 Å². The number of rotatable bonds is 10. The van der Waals surface area contributed by atoms with Crippen molar-refractivity contribution in [3.63, 3.8) is 0 Å². The number of benzene rings is 1. The lowest BCUT2D eigenvalue weighted by atomic mass is 10.0. The molecule has 42 heavy (non-hydrogen) atoms. The van der Waals surface area contributed by atoms with E-state index in [0.717, 1.165) is 51.4 Å². The number of carbonyl (C=O) groups is 1. The quantitative estimate of drug-likeness (QED) is 0.344. The third-order valence-corrected chi connectivity index (χ3v) is 10.2. The fourth-order valence-electron chi connectivity index (χ4n) is 6.01. The number of anilines is 1. The number of carbonyl (C=O) groups excluding carboxylic acids is 1. The van der Waals surface area contributed by atoms with Crippen LogP contribution in [0.2, 0.25) is 0 Å². The number of likely N-dealkylation sites (N-methyl/N-ethyl adjacent to an activating group) is 1. The molecule has 2 aliphatic heterocycles. The fraction of sp³-hybridized carbons (Fsp3) is 0.533. The first-order chi connectivity index (χ1) is 20.1. The Morgan fingerprint density at radius 2 is 1.79 bits per heavy atom. The van der Waals surface area contributed by atoms with Gasteiger partial charge in [0.25, 0.3) is 0 Å². The van der Waals surface area contributed by atoms with Crippen LogP contribution in [-0.2, 0) is 33.4 Å². The second-order valence-electron chi connectivity index (χ2n) is 11.4. The zero-order valence-corrected chi connectivity index (χ0v) is 25.7. The minimum Gasteiger partial charge on any atom is -0.497 e. The molecule has 3 aromatic rings. The van der Waals surface area contributed by atoms with E-state index in [2.05, 4.69) is 37.1 Å². The monoisotopic (exact) mass is 596 g/mol. The van der Waals surface area contributed by atoms with Crippen molar-refractivity contribution in [2.75, 3.05) is 45.2 Å². The Hall–Kier alpha value is -3.51. The molecule has 0 aliphatic carbocycles. The van der Waals surface area contributed by atoms with Crippen molar-refractivity contribution in [3.8, 4) is 5.75 Å². The molecule has 1 amide bonds. The van der Waals surface area contributed by atoms with E-state index < -0.39 is 15.6 Å². The molecule has 0 unspecified atom stereocenters. The van der Waals surface area contributed by atoms with Crippen LogP contribution in [0.25, 0.3) is 0 Å². The van der Waals surface area contributed by atoms with Crippen molar-refractivity contribution in [2.45, 2.75) is 69.2 Å². The number of amides is 1. The second-order valence-corrected chi connectivity index (χ2v) is 13.3. The molecule has 2 aromatic heterocycles. The smallest absolute Gasteiger partial charge is 0.236 e. The summed E-state index contributed by atoms with van der Waals surface area (Å²) in [6.45, 7) is 8.27. The normalized spacial score (nSPS) is 16.6. The molecule has 0 spiro atoms. The van der Waals surface area contributed by atoms with Crippen LogP contribution in [0.5, 0.6) is 5.75 Å². The van der Waals surface area contributed by atoms with E-state index in [1.54, 1.807) is 45.0 Å². The highest BCUT2D eigenvalue weighted by Crippen LogP contribution is 2.28. The highest BCUT2D eigenvalue weighted by atomic mass is 32.2. The number of hydrogen-bond acceptors (Lipinski definition) is 10. The summed E-state index contributed by atoms with van der Waals surface area (Å²) < 4.78 is 36.8. The predicted octanol–water partition coefficient (Wildman–Crippen LogP) is 3.33. The Labute approximate surface area is 247 Å². The zero-order valence-electron chi connectivity index (χ0n) is 24.9. The van der Waals surface area contributed by atoms with Crippen LogP contribution in [0.15, 0.2) is 39.9 Å². The Kier molecular flexibility index (Phi) is 9.12. The fourth-order valence-corrected chi connectivity index (χ4v) is 7.71. The van der Waals surface area contributed by atoms with Crippen LogP contribution in [0, 0.1) is 13.8 Å². The van der Waals surface area contributed by atoms with Crippen LogP contribution < -0.4 is 9.64 Å². The topological polar surface area (TPSA) is 122 Å². The molecule has 0 saturated carbocycles. The number of likely N-dealkylation sites (tertiary alicyclic amines) is 1. The maximum absolute atomic E-state index is 13.2. The molecule has 2 saturated heterocycles. The van der Waals surface area contributed by atoms with Gasteiger partial charge in [0.15, 0.2) is 15.7 Å². The predicted molar refractivity (Wildman–Crippen MR) is 158 cm³/mol. The first kappa shape index (κ1) is 30.0. The van der Waals surface area contributed by atoms with Gasteiger partial charge >= 0.3 is 0 Å². The Morgan fingerprint density at radius 3 is 2.40 bits per heavy atom. The number of methoxy groups -OCH3 is 1. The van der Waals surface area contributed by atoms with Gasteiger partial charge in [-0.3, -0.25) is 9.69 Å². The molecular weight excluding hydrogens is 556 g/mol. The van der Waals surface area contributed by atoms with Gasteiger partial charge in [0, 0.05) is 52.0 Å².